The van der Waals surface area contributed by atoms with E-state index in [1.807, 2.05) is 25.1 Å². The first-order valence-corrected chi connectivity index (χ1v) is 7.17. The fourth-order valence-corrected chi connectivity index (χ4v) is 2.18. The average molecular weight is 311 g/mol. The molecule has 0 aromatic heterocycles. The normalized spacial score (nSPS) is 15.5. The van der Waals surface area contributed by atoms with Gasteiger partial charge in [0.05, 0.1) is 12.2 Å². The summed E-state index contributed by atoms with van der Waals surface area (Å²) in [6, 6.07) is 13.3. The second-order valence-corrected chi connectivity index (χ2v) is 4.82. The van der Waals surface area contributed by atoms with Crippen LogP contribution in [0.15, 0.2) is 59.2 Å². The number of hydrogen-bond acceptors (Lipinski definition) is 4. The lowest BCUT2D eigenvalue weighted by Gasteiger charge is -2.03. The first-order chi connectivity index (χ1) is 11.2. The fraction of sp³-hybridized carbons (Fsp3) is 0.111. The quantitative estimate of drug-likeness (QED) is 0.640. The molecule has 0 radical (unpaired) electrons. The monoisotopic (exact) mass is 311 g/mol. The third-order valence-electron chi connectivity index (χ3n) is 3.20. The second kappa shape index (κ2) is 6.44. The maximum atomic E-state index is 13.8. The average Bonchev–Trinajstić information content (AvgIpc) is 2.89. The van der Waals surface area contributed by atoms with E-state index in [2.05, 4.69) is 4.99 Å². The number of esters is 1. The molecule has 0 bridgehead atoms. The molecule has 1 aliphatic rings. The molecule has 0 saturated heterocycles. The summed E-state index contributed by atoms with van der Waals surface area (Å²) in [5.74, 6) is -0.421. The van der Waals surface area contributed by atoms with E-state index < -0.39 is 11.8 Å². The van der Waals surface area contributed by atoms with Crippen molar-refractivity contribution in [3.63, 3.8) is 0 Å². The number of nitrogens with zero attached hydrogens (tertiary/aromatic N) is 1. The highest BCUT2D eigenvalue weighted by molar-refractivity contribution is 6.12. The Morgan fingerprint density at radius 2 is 2.04 bits per heavy atom. The van der Waals surface area contributed by atoms with Gasteiger partial charge in [0, 0.05) is 0 Å². The Hall–Kier alpha value is -2.95. The molecule has 3 rings (SSSR count). The van der Waals surface area contributed by atoms with Gasteiger partial charge in [-0.1, -0.05) is 24.3 Å². The molecule has 1 aliphatic heterocycles. The van der Waals surface area contributed by atoms with Crippen LogP contribution in [0.3, 0.4) is 0 Å². The molecule has 116 valence electrons. The van der Waals surface area contributed by atoms with Crippen molar-refractivity contribution in [3.05, 3.63) is 71.2 Å². The van der Waals surface area contributed by atoms with Gasteiger partial charge in [0.25, 0.3) is 0 Å². The van der Waals surface area contributed by atoms with Crippen LogP contribution >= 0.6 is 0 Å². The van der Waals surface area contributed by atoms with Gasteiger partial charge >= 0.3 is 5.97 Å². The van der Waals surface area contributed by atoms with Crippen LogP contribution in [0, 0.1) is 5.82 Å². The molecule has 0 N–H and O–H groups in total. The van der Waals surface area contributed by atoms with Gasteiger partial charge in [0.15, 0.2) is 5.70 Å². The summed E-state index contributed by atoms with van der Waals surface area (Å²) in [5.41, 5.74) is 1.03. The van der Waals surface area contributed by atoms with Crippen molar-refractivity contribution in [2.24, 2.45) is 4.99 Å². The fourth-order valence-electron chi connectivity index (χ4n) is 2.18. The van der Waals surface area contributed by atoms with Crippen LogP contribution in [0.1, 0.15) is 18.1 Å². The lowest BCUT2D eigenvalue weighted by atomic mass is 10.2. The van der Waals surface area contributed by atoms with Gasteiger partial charge in [0.2, 0.25) is 5.90 Å². The summed E-state index contributed by atoms with van der Waals surface area (Å²) < 4.78 is 24.2. The third kappa shape index (κ3) is 3.29. The molecule has 0 atom stereocenters. The predicted octanol–water partition coefficient (Wildman–Crippen LogP) is 3.57. The number of halogens is 1. The van der Waals surface area contributed by atoms with Crippen molar-refractivity contribution in [2.75, 3.05) is 6.61 Å². The van der Waals surface area contributed by atoms with E-state index in [1.54, 1.807) is 24.3 Å². The minimum absolute atomic E-state index is 0.0275. The lowest BCUT2D eigenvalue weighted by molar-refractivity contribution is -0.129. The topological polar surface area (TPSA) is 47.9 Å². The van der Waals surface area contributed by atoms with E-state index in [0.717, 1.165) is 5.56 Å². The molecular weight excluding hydrogens is 297 g/mol. The Labute approximate surface area is 132 Å². The zero-order chi connectivity index (χ0) is 16.2. The number of cyclic esters (lactones) is 1. The number of benzene rings is 2. The zero-order valence-corrected chi connectivity index (χ0v) is 12.5. The van der Waals surface area contributed by atoms with Gasteiger partial charge in [-0.15, -0.1) is 0 Å². The number of rotatable bonds is 4. The van der Waals surface area contributed by atoms with Crippen LogP contribution < -0.4 is 4.74 Å². The minimum atomic E-state index is -0.606. The van der Waals surface area contributed by atoms with Crippen molar-refractivity contribution in [1.82, 2.24) is 0 Å². The molecule has 4 nitrogen and oxygen atoms in total. The van der Waals surface area contributed by atoms with Gasteiger partial charge in [-0.2, -0.15) is 0 Å². The Kier molecular flexibility index (Phi) is 4.19. The van der Waals surface area contributed by atoms with E-state index >= 15 is 0 Å². The molecule has 0 saturated carbocycles. The van der Waals surface area contributed by atoms with Crippen LogP contribution in [0.25, 0.3) is 6.08 Å². The Morgan fingerprint density at radius 1 is 1.22 bits per heavy atom. The van der Waals surface area contributed by atoms with Gasteiger partial charge in [-0.25, -0.2) is 14.2 Å². The number of carbonyl (C=O) groups excluding carboxylic acids is 1. The van der Waals surface area contributed by atoms with Crippen LogP contribution in [-0.4, -0.2) is 18.5 Å². The van der Waals surface area contributed by atoms with Crippen LogP contribution in [0.5, 0.6) is 5.75 Å². The Balaban J connectivity index is 1.92. The molecule has 2 aromatic carbocycles. The summed E-state index contributed by atoms with van der Waals surface area (Å²) in [6.45, 7) is 2.45. The van der Waals surface area contributed by atoms with E-state index in [4.69, 9.17) is 9.47 Å². The molecule has 5 heteroatoms. The largest absolute Gasteiger partial charge is 0.494 e. The van der Waals surface area contributed by atoms with E-state index in [0.29, 0.717) is 12.4 Å². The van der Waals surface area contributed by atoms with Gasteiger partial charge < -0.3 is 9.47 Å². The van der Waals surface area contributed by atoms with Crippen molar-refractivity contribution in [3.8, 4) is 5.75 Å². The summed E-state index contributed by atoms with van der Waals surface area (Å²) in [6.07, 6.45) is 1.58. The first kappa shape index (κ1) is 15.0. The molecular formula is C18H14FNO3. The van der Waals surface area contributed by atoms with Gasteiger partial charge in [-0.05, 0) is 42.8 Å². The number of aliphatic imine (C=N–C) groups is 1. The second-order valence-electron chi connectivity index (χ2n) is 4.82. The molecule has 0 amide bonds. The summed E-state index contributed by atoms with van der Waals surface area (Å²) >= 11 is 0. The minimum Gasteiger partial charge on any atom is -0.494 e. The zero-order valence-electron chi connectivity index (χ0n) is 12.5. The number of hydrogen-bond donors (Lipinski definition) is 0. The summed E-state index contributed by atoms with van der Waals surface area (Å²) in [4.78, 5) is 16.0. The molecule has 0 spiro atoms. The van der Waals surface area contributed by atoms with Crippen LogP contribution in [-0.2, 0) is 9.53 Å². The van der Waals surface area contributed by atoms with E-state index in [9.17, 15) is 9.18 Å². The molecule has 23 heavy (non-hydrogen) atoms. The van der Waals surface area contributed by atoms with Crippen LogP contribution in [0.4, 0.5) is 4.39 Å². The summed E-state index contributed by atoms with van der Waals surface area (Å²) in [7, 11) is 0. The number of carbonyl (C=O) groups is 1. The highest BCUT2D eigenvalue weighted by Gasteiger charge is 2.25. The molecule has 0 unspecified atom stereocenters. The van der Waals surface area contributed by atoms with Crippen molar-refractivity contribution in [2.45, 2.75) is 6.92 Å². The summed E-state index contributed by atoms with van der Waals surface area (Å²) in [5, 5.41) is 0. The van der Waals surface area contributed by atoms with Crippen molar-refractivity contribution in [1.29, 1.82) is 0 Å². The highest BCUT2D eigenvalue weighted by Crippen LogP contribution is 2.22. The molecule has 2 aromatic rings. The molecule has 1 heterocycles. The van der Waals surface area contributed by atoms with E-state index in [1.165, 1.54) is 12.1 Å². The van der Waals surface area contributed by atoms with E-state index in [-0.39, 0.29) is 17.2 Å². The maximum Gasteiger partial charge on any atom is 0.363 e. The SMILES string of the molecule is CCOc1cccc(C=C2N=C(c3ccccc3F)OC2=O)c1. The molecule has 0 fully saturated rings. The standard InChI is InChI=1S/C18H14FNO3/c1-2-22-13-7-5-6-12(10-13)11-16-18(21)23-17(20-16)14-8-3-4-9-15(14)19/h3-11H,2H2,1H3. The van der Waals surface area contributed by atoms with Crippen molar-refractivity contribution < 1.29 is 18.7 Å². The van der Waals surface area contributed by atoms with Crippen LogP contribution in [0.2, 0.25) is 0 Å². The third-order valence-corrected chi connectivity index (χ3v) is 3.20. The number of ether oxygens (including phenoxy) is 2. The Bertz CT molecular complexity index is 811. The lowest BCUT2D eigenvalue weighted by Crippen LogP contribution is -2.07. The van der Waals surface area contributed by atoms with Crippen molar-refractivity contribution >= 4 is 17.9 Å². The molecule has 0 aliphatic carbocycles. The Morgan fingerprint density at radius 3 is 2.83 bits per heavy atom. The predicted molar refractivity (Wildman–Crippen MR) is 84.6 cm³/mol. The van der Waals surface area contributed by atoms with Gasteiger partial charge in [-0.3, -0.25) is 0 Å². The maximum absolute atomic E-state index is 13.8. The highest BCUT2D eigenvalue weighted by atomic mass is 19.1. The smallest absolute Gasteiger partial charge is 0.363 e. The van der Waals surface area contributed by atoms with Gasteiger partial charge in [0.1, 0.15) is 11.6 Å². The first-order valence-electron chi connectivity index (χ1n) is 7.17.